The van der Waals surface area contributed by atoms with Crippen LogP contribution in [-0.4, -0.2) is 27.4 Å². The third-order valence-corrected chi connectivity index (χ3v) is 6.13. The second kappa shape index (κ2) is 10.4. The van der Waals surface area contributed by atoms with Crippen molar-refractivity contribution in [3.05, 3.63) is 122 Å². The molecule has 1 aromatic heterocycles. The number of methoxy groups -OCH3 is 1. The van der Waals surface area contributed by atoms with Crippen molar-refractivity contribution in [3.8, 4) is 11.4 Å². The maximum absolute atomic E-state index is 13.5. The quantitative estimate of drug-likeness (QED) is 0.433. The zero-order chi connectivity index (χ0) is 25.8. The fourth-order valence-electron chi connectivity index (χ4n) is 3.87. The van der Waals surface area contributed by atoms with Gasteiger partial charge < -0.3 is 10.1 Å². The van der Waals surface area contributed by atoms with Crippen LogP contribution in [-0.2, 0) is 6.54 Å². The summed E-state index contributed by atoms with van der Waals surface area (Å²) < 4.78 is 7.41. The van der Waals surface area contributed by atoms with Gasteiger partial charge >= 0.3 is 5.69 Å². The molecule has 0 aliphatic carbocycles. The Labute approximate surface area is 208 Å². The smallest absolute Gasteiger partial charge is 0.352 e. The van der Waals surface area contributed by atoms with E-state index in [1.807, 2.05) is 57.2 Å². The molecule has 3 aromatic carbocycles. The molecular weight excluding hydrogens is 456 g/mol. The lowest BCUT2D eigenvalue weighted by Crippen LogP contribution is -2.46. The van der Waals surface area contributed by atoms with Crippen LogP contribution in [0.1, 0.15) is 45.7 Å². The van der Waals surface area contributed by atoms with Gasteiger partial charge in [-0.1, -0.05) is 48.5 Å². The zero-order valence-electron chi connectivity index (χ0n) is 20.7. The highest BCUT2D eigenvalue weighted by Gasteiger charge is 2.22. The maximum atomic E-state index is 13.5. The van der Waals surface area contributed by atoms with E-state index in [2.05, 4.69) is 10.4 Å². The first-order valence-corrected chi connectivity index (χ1v) is 11.6. The van der Waals surface area contributed by atoms with Crippen LogP contribution in [0.15, 0.2) is 82.4 Å². The molecular formula is C28H28N4O4. The largest absolute Gasteiger partial charge is 0.497 e. The topological polar surface area (TPSA) is 95.2 Å². The Morgan fingerprint density at radius 3 is 2.42 bits per heavy atom. The summed E-state index contributed by atoms with van der Waals surface area (Å²) in [5.74, 6) is -0.0629. The highest BCUT2D eigenvalue weighted by molar-refractivity contribution is 5.92. The summed E-state index contributed by atoms with van der Waals surface area (Å²) in [6, 6.07) is 21.5. The monoisotopic (exact) mass is 484 g/mol. The Morgan fingerprint density at radius 2 is 1.72 bits per heavy atom. The summed E-state index contributed by atoms with van der Waals surface area (Å²) in [7, 11) is 1.54. The molecule has 0 aliphatic rings. The highest BCUT2D eigenvalue weighted by atomic mass is 16.5. The molecule has 0 saturated heterocycles. The second-order valence-corrected chi connectivity index (χ2v) is 8.66. The summed E-state index contributed by atoms with van der Waals surface area (Å²) in [6.07, 6.45) is 0. The van der Waals surface area contributed by atoms with E-state index in [0.29, 0.717) is 17.0 Å². The van der Waals surface area contributed by atoms with Gasteiger partial charge in [-0.05, 0) is 67.3 Å². The molecule has 0 radical (unpaired) electrons. The van der Waals surface area contributed by atoms with Gasteiger partial charge in [0.1, 0.15) is 5.75 Å². The summed E-state index contributed by atoms with van der Waals surface area (Å²) >= 11 is 0. The van der Waals surface area contributed by atoms with E-state index < -0.39 is 17.2 Å². The maximum Gasteiger partial charge on any atom is 0.352 e. The van der Waals surface area contributed by atoms with Crippen molar-refractivity contribution < 1.29 is 9.53 Å². The minimum Gasteiger partial charge on any atom is -0.497 e. The Morgan fingerprint density at radius 1 is 0.972 bits per heavy atom. The van der Waals surface area contributed by atoms with Crippen LogP contribution < -0.4 is 21.3 Å². The third-order valence-electron chi connectivity index (χ3n) is 6.13. The first kappa shape index (κ1) is 24.7. The van der Waals surface area contributed by atoms with E-state index in [0.717, 1.165) is 25.9 Å². The summed E-state index contributed by atoms with van der Waals surface area (Å²) in [4.78, 5) is 40.1. The average molecular weight is 485 g/mol. The van der Waals surface area contributed by atoms with E-state index in [4.69, 9.17) is 4.74 Å². The van der Waals surface area contributed by atoms with Crippen LogP contribution in [0.5, 0.6) is 5.75 Å². The number of benzene rings is 3. The number of carbonyl (C=O) groups is 1. The van der Waals surface area contributed by atoms with Gasteiger partial charge in [-0.25, -0.2) is 4.79 Å². The van der Waals surface area contributed by atoms with Crippen molar-refractivity contribution in [1.29, 1.82) is 0 Å². The van der Waals surface area contributed by atoms with Crippen LogP contribution in [0.4, 0.5) is 0 Å². The van der Waals surface area contributed by atoms with Crippen molar-refractivity contribution >= 4 is 5.91 Å². The standard InChI is InChI=1S/C28H28N4O4/c1-18-13-14-23(15-19(18)2)32-28(35)31(17-21-9-8-12-24(16-21)36-4)27(34)25(30-32)26(33)29-20(3)22-10-6-5-7-11-22/h5-16,20H,17H2,1-4H3,(H,29,33)/t20-/m1/s1. The van der Waals surface area contributed by atoms with Gasteiger partial charge in [0.25, 0.3) is 11.5 Å². The number of nitrogens with zero attached hydrogens (tertiary/aromatic N) is 3. The zero-order valence-corrected chi connectivity index (χ0v) is 20.7. The molecule has 1 N–H and O–H groups in total. The molecule has 0 fully saturated rings. The minimum absolute atomic E-state index is 0.0449. The third kappa shape index (κ3) is 5.12. The van der Waals surface area contributed by atoms with Gasteiger partial charge in [0, 0.05) is 0 Å². The van der Waals surface area contributed by atoms with Gasteiger partial charge in [-0.2, -0.15) is 9.78 Å². The Hall–Kier alpha value is -4.46. The van der Waals surface area contributed by atoms with E-state index in [9.17, 15) is 14.4 Å². The second-order valence-electron chi connectivity index (χ2n) is 8.66. The van der Waals surface area contributed by atoms with Crippen LogP contribution in [0.25, 0.3) is 5.69 Å². The molecule has 0 unspecified atom stereocenters. The molecule has 36 heavy (non-hydrogen) atoms. The molecule has 8 heteroatoms. The van der Waals surface area contributed by atoms with Gasteiger partial charge in [-0.3, -0.25) is 14.2 Å². The normalized spacial score (nSPS) is 11.7. The molecule has 0 aliphatic heterocycles. The predicted molar refractivity (Wildman–Crippen MR) is 138 cm³/mol. The molecule has 8 nitrogen and oxygen atoms in total. The molecule has 4 rings (SSSR count). The number of hydrogen-bond donors (Lipinski definition) is 1. The van der Waals surface area contributed by atoms with Crippen molar-refractivity contribution in [2.75, 3.05) is 7.11 Å². The van der Waals surface area contributed by atoms with Crippen LogP contribution in [0.3, 0.4) is 0 Å². The lowest BCUT2D eigenvalue weighted by molar-refractivity contribution is 0.0930. The molecule has 1 atom stereocenters. The van der Waals surface area contributed by atoms with Gasteiger partial charge in [0.2, 0.25) is 5.69 Å². The number of aromatic nitrogens is 3. The van der Waals surface area contributed by atoms with Crippen molar-refractivity contribution in [1.82, 2.24) is 19.7 Å². The lowest BCUT2D eigenvalue weighted by atomic mass is 10.1. The van der Waals surface area contributed by atoms with Crippen LogP contribution in [0.2, 0.25) is 0 Å². The first-order chi connectivity index (χ1) is 17.3. The highest BCUT2D eigenvalue weighted by Crippen LogP contribution is 2.15. The predicted octanol–water partition coefficient (Wildman–Crippen LogP) is 3.56. The van der Waals surface area contributed by atoms with Crippen LogP contribution in [0, 0.1) is 13.8 Å². The summed E-state index contributed by atoms with van der Waals surface area (Å²) in [5.41, 5.74) is 2.26. The molecule has 4 aromatic rings. The van der Waals surface area contributed by atoms with Gasteiger partial charge in [0.15, 0.2) is 0 Å². The van der Waals surface area contributed by atoms with Crippen LogP contribution >= 0.6 is 0 Å². The molecule has 184 valence electrons. The van der Waals surface area contributed by atoms with E-state index >= 15 is 0 Å². The molecule has 0 bridgehead atoms. The van der Waals surface area contributed by atoms with Gasteiger partial charge in [0.05, 0.1) is 25.4 Å². The average Bonchev–Trinajstić information content (AvgIpc) is 2.89. The van der Waals surface area contributed by atoms with Crippen molar-refractivity contribution in [2.45, 2.75) is 33.4 Å². The number of nitrogens with one attached hydrogen (secondary N) is 1. The summed E-state index contributed by atoms with van der Waals surface area (Å²) in [6.45, 7) is 5.66. The first-order valence-electron chi connectivity index (χ1n) is 11.6. The van der Waals surface area contributed by atoms with Gasteiger partial charge in [-0.15, -0.1) is 0 Å². The molecule has 0 saturated carbocycles. The molecule has 1 heterocycles. The van der Waals surface area contributed by atoms with Crippen molar-refractivity contribution in [3.63, 3.8) is 0 Å². The van der Waals surface area contributed by atoms with E-state index in [-0.39, 0.29) is 18.3 Å². The fraction of sp³-hybridized carbons (Fsp3) is 0.214. The number of amides is 1. The number of ether oxygens (including phenoxy) is 1. The minimum atomic E-state index is -0.763. The summed E-state index contributed by atoms with van der Waals surface area (Å²) in [5, 5.41) is 7.06. The van der Waals surface area contributed by atoms with E-state index in [1.54, 1.807) is 43.5 Å². The number of carbonyl (C=O) groups excluding carboxylic acids is 1. The van der Waals surface area contributed by atoms with Crippen molar-refractivity contribution in [2.24, 2.45) is 0 Å². The Bertz CT molecular complexity index is 1520. The Kier molecular flexibility index (Phi) is 7.15. The molecule has 1 amide bonds. The number of rotatable bonds is 7. The number of hydrogen-bond acceptors (Lipinski definition) is 5. The SMILES string of the molecule is COc1cccc(Cn2c(=O)c(C(=O)N[C@H](C)c3ccccc3)nn(-c3ccc(C)c(C)c3)c2=O)c1. The Balaban J connectivity index is 1.83. The molecule has 0 spiro atoms. The number of aryl methyl sites for hydroxylation is 2. The lowest BCUT2D eigenvalue weighted by Gasteiger charge is -2.16. The fourth-order valence-corrected chi connectivity index (χ4v) is 3.87. The van der Waals surface area contributed by atoms with E-state index in [1.165, 1.54) is 0 Å².